The molecule has 0 radical (unpaired) electrons. The van der Waals surface area contributed by atoms with Crippen molar-refractivity contribution in [3.8, 4) is 22.7 Å². The third kappa shape index (κ3) is 5.27. The molecule has 2 N–H and O–H groups in total. The fourth-order valence-electron chi connectivity index (χ4n) is 3.44. The SMILES string of the molecule is COc1ccccc1-c1nn(-c2ccccc2)cc1C(=O)NCCNC(=O)c1ccc(Cl)cc1. The lowest BCUT2D eigenvalue weighted by atomic mass is 10.1. The fourth-order valence-corrected chi connectivity index (χ4v) is 3.57. The van der Waals surface area contributed by atoms with Gasteiger partial charge in [-0.2, -0.15) is 5.10 Å². The Bertz CT molecular complexity index is 1290. The molecule has 0 unspecified atom stereocenters. The summed E-state index contributed by atoms with van der Waals surface area (Å²) in [6.07, 6.45) is 1.69. The number of halogens is 1. The van der Waals surface area contributed by atoms with Gasteiger partial charge in [0.2, 0.25) is 0 Å². The van der Waals surface area contributed by atoms with Gasteiger partial charge >= 0.3 is 0 Å². The van der Waals surface area contributed by atoms with Gasteiger partial charge < -0.3 is 15.4 Å². The van der Waals surface area contributed by atoms with Gasteiger partial charge in [-0.05, 0) is 48.5 Å². The molecule has 4 rings (SSSR count). The Morgan fingerprint density at radius 1 is 0.882 bits per heavy atom. The first-order valence-corrected chi connectivity index (χ1v) is 11.0. The lowest BCUT2D eigenvalue weighted by Crippen LogP contribution is -2.34. The topological polar surface area (TPSA) is 85.2 Å². The summed E-state index contributed by atoms with van der Waals surface area (Å²) in [5, 5.41) is 10.9. The monoisotopic (exact) mass is 474 g/mol. The number of hydrogen-bond acceptors (Lipinski definition) is 4. The highest BCUT2D eigenvalue weighted by Crippen LogP contribution is 2.31. The molecular formula is C26H23ClN4O3. The first-order valence-electron chi connectivity index (χ1n) is 10.7. The van der Waals surface area contributed by atoms with Crippen molar-refractivity contribution in [2.24, 2.45) is 0 Å². The van der Waals surface area contributed by atoms with Crippen LogP contribution < -0.4 is 15.4 Å². The van der Waals surface area contributed by atoms with E-state index < -0.39 is 0 Å². The number of para-hydroxylation sites is 2. The zero-order chi connectivity index (χ0) is 23.9. The van der Waals surface area contributed by atoms with E-state index in [-0.39, 0.29) is 24.9 Å². The van der Waals surface area contributed by atoms with E-state index in [1.807, 2.05) is 54.6 Å². The van der Waals surface area contributed by atoms with Gasteiger partial charge in [-0.1, -0.05) is 41.9 Å². The quantitative estimate of drug-likeness (QED) is 0.371. The maximum absolute atomic E-state index is 13.1. The minimum atomic E-state index is -0.302. The predicted molar refractivity (Wildman–Crippen MR) is 132 cm³/mol. The van der Waals surface area contributed by atoms with E-state index in [1.54, 1.807) is 42.3 Å². The molecule has 0 spiro atoms. The Hall–Kier alpha value is -4.10. The molecule has 1 heterocycles. The van der Waals surface area contributed by atoms with Crippen molar-refractivity contribution in [1.82, 2.24) is 20.4 Å². The molecule has 1 aromatic heterocycles. The Balaban J connectivity index is 1.50. The number of carbonyl (C=O) groups is 2. The average molecular weight is 475 g/mol. The first-order chi connectivity index (χ1) is 16.6. The molecule has 0 aliphatic heterocycles. The maximum atomic E-state index is 13.1. The lowest BCUT2D eigenvalue weighted by molar-refractivity contribution is 0.0928. The third-order valence-corrected chi connectivity index (χ3v) is 5.40. The number of nitrogens with zero attached hydrogens (tertiary/aromatic N) is 2. The zero-order valence-corrected chi connectivity index (χ0v) is 19.3. The predicted octanol–water partition coefficient (Wildman–Crippen LogP) is 4.36. The number of rotatable bonds is 8. The average Bonchev–Trinajstić information content (AvgIpc) is 3.33. The van der Waals surface area contributed by atoms with Crippen LogP contribution in [0.25, 0.3) is 16.9 Å². The molecule has 172 valence electrons. The first kappa shape index (κ1) is 23.1. The van der Waals surface area contributed by atoms with Crippen molar-refractivity contribution in [2.75, 3.05) is 20.2 Å². The van der Waals surface area contributed by atoms with Gasteiger partial charge in [0, 0.05) is 35.4 Å². The van der Waals surface area contributed by atoms with Crippen molar-refractivity contribution in [2.45, 2.75) is 0 Å². The summed E-state index contributed by atoms with van der Waals surface area (Å²) < 4.78 is 7.15. The Morgan fingerprint density at radius 2 is 1.53 bits per heavy atom. The molecule has 0 saturated carbocycles. The normalized spacial score (nSPS) is 10.5. The summed E-state index contributed by atoms with van der Waals surface area (Å²) in [6, 6.07) is 23.6. The number of aromatic nitrogens is 2. The highest BCUT2D eigenvalue weighted by Gasteiger charge is 2.21. The Morgan fingerprint density at radius 3 is 2.24 bits per heavy atom. The number of nitrogens with one attached hydrogen (secondary N) is 2. The summed E-state index contributed by atoms with van der Waals surface area (Å²) in [5.41, 5.74) is 2.94. The van der Waals surface area contributed by atoms with Crippen molar-refractivity contribution < 1.29 is 14.3 Å². The van der Waals surface area contributed by atoms with Gasteiger partial charge in [0.25, 0.3) is 11.8 Å². The second kappa shape index (κ2) is 10.7. The molecule has 2 amide bonds. The van der Waals surface area contributed by atoms with Crippen LogP contribution in [-0.4, -0.2) is 41.8 Å². The maximum Gasteiger partial charge on any atom is 0.255 e. The van der Waals surface area contributed by atoms with E-state index in [9.17, 15) is 9.59 Å². The highest BCUT2D eigenvalue weighted by molar-refractivity contribution is 6.30. The summed E-state index contributed by atoms with van der Waals surface area (Å²) in [5.74, 6) is 0.0754. The minimum absolute atomic E-state index is 0.238. The van der Waals surface area contributed by atoms with Crippen molar-refractivity contribution >= 4 is 23.4 Å². The van der Waals surface area contributed by atoms with E-state index >= 15 is 0 Å². The van der Waals surface area contributed by atoms with Crippen LogP contribution >= 0.6 is 11.6 Å². The van der Waals surface area contributed by atoms with Gasteiger partial charge in [-0.15, -0.1) is 0 Å². The standard InChI is InChI=1S/C26H23ClN4O3/c1-34-23-10-6-5-9-21(23)24-22(17-31(30-24)20-7-3-2-4-8-20)26(33)29-16-15-28-25(32)18-11-13-19(27)14-12-18/h2-14,17H,15-16H2,1H3,(H,28,32)(H,29,33). The van der Waals surface area contributed by atoms with Crippen LogP contribution in [0.15, 0.2) is 85.1 Å². The molecule has 0 fully saturated rings. The smallest absolute Gasteiger partial charge is 0.255 e. The highest BCUT2D eigenvalue weighted by atomic mass is 35.5. The zero-order valence-electron chi connectivity index (χ0n) is 18.5. The number of carbonyl (C=O) groups excluding carboxylic acids is 2. The molecule has 8 heteroatoms. The van der Waals surface area contributed by atoms with Crippen molar-refractivity contribution in [1.29, 1.82) is 0 Å². The van der Waals surface area contributed by atoms with Crippen LogP contribution in [-0.2, 0) is 0 Å². The van der Waals surface area contributed by atoms with E-state index in [0.29, 0.717) is 33.2 Å². The van der Waals surface area contributed by atoms with Crippen molar-refractivity contribution in [3.63, 3.8) is 0 Å². The Labute approximate surface area is 202 Å². The van der Waals surface area contributed by atoms with E-state index in [1.165, 1.54) is 0 Å². The van der Waals surface area contributed by atoms with Crippen LogP contribution in [0.2, 0.25) is 5.02 Å². The second-order valence-electron chi connectivity index (χ2n) is 7.39. The van der Waals surface area contributed by atoms with E-state index in [0.717, 1.165) is 5.69 Å². The molecule has 0 saturated heterocycles. The molecule has 0 aliphatic carbocycles. The minimum Gasteiger partial charge on any atom is -0.496 e. The number of benzene rings is 3. The largest absolute Gasteiger partial charge is 0.496 e. The van der Waals surface area contributed by atoms with E-state index in [2.05, 4.69) is 15.7 Å². The summed E-state index contributed by atoms with van der Waals surface area (Å²) >= 11 is 5.86. The molecular weight excluding hydrogens is 452 g/mol. The molecule has 0 bridgehead atoms. The van der Waals surface area contributed by atoms with Crippen LogP contribution in [0.5, 0.6) is 5.75 Å². The van der Waals surface area contributed by atoms with Gasteiger partial charge in [-0.3, -0.25) is 9.59 Å². The lowest BCUT2D eigenvalue weighted by Gasteiger charge is -2.09. The summed E-state index contributed by atoms with van der Waals surface area (Å²) in [6.45, 7) is 0.518. The van der Waals surface area contributed by atoms with Gasteiger partial charge in [0.1, 0.15) is 11.4 Å². The Kier molecular flexibility index (Phi) is 7.25. The molecule has 4 aromatic rings. The van der Waals surface area contributed by atoms with Gasteiger partial charge in [-0.25, -0.2) is 4.68 Å². The molecule has 3 aromatic carbocycles. The number of amides is 2. The van der Waals surface area contributed by atoms with Crippen LogP contribution in [0.4, 0.5) is 0 Å². The summed E-state index contributed by atoms with van der Waals surface area (Å²) in [7, 11) is 1.58. The molecule has 0 aliphatic rings. The fraction of sp³-hybridized carbons (Fsp3) is 0.115. The van der Waals surface area contributed by atoms with Crippen LogP contribution in [0.3, 0.4) is 0 Å². The molecule has 7 nitrogen and oxygen atoms in total. The van der Waals surface area contributed by atoms with Crippen LogP contribution in [0.1, 0.15) is 20.7 Å². The summed E-state index contributed by atoms with van der Waals surface area (Å²) in [4.78, 5) is 25.3. The number of ether oxygens (including phenoxy) is 1. The number of hydrogen-bond donors (Lipinski definition) is 2. The second-order valence-corrected chi connectivity index (χ2v) is 7.83. The molecule has 0 atom stereocenters. The van der Waals surface area contributed by atoms with Gasteiger partial charge in [0.05, 0.1) is 18.4 Å². The molecule has 34 heavy (non-hydrogen) atoms. The van der Waals surface area contributed by atoms with Gasteiger partial charge in [0.15, 0.2) is 0 Å². The van der Waals surface area contributed by atoms with Crippen LogP contribution in [0, 0.1) is 0 Å². The van der Waals surface area contributed by atoms with Crippen molar-refractivity contribution in [3.05, 3.63) is 101 Å². The number of methoxy groups -OCH3 is 1. The van der Waals surface area contributed by atoms with E-state index in [4.69, 9.17) is 16.3 Å². The third-order valence-electron chi connectivity index (χ3n) is 5.14.